The monoisotopic (exact) mass is 423 g/mol. The normalized spacial score (nSPS) is 17.4. The van der Waals surface area contributed by atoms with Crippen molar-refractivity contribution in [1.82, 2.24) is 9.21 Å². The number of sulfonamides is 1. The van der Waals surface area contributed by atoms with E-state index in [4.69, 9.17) is 4.74 Å². The molecule has 0 bridgehead atoms. The molecular formula is C20H29N3O5S. The van der Waals surface area contributed by atoms with Gasteiger partial charge in [0.05, 0.1) is 10.6 Å². The van der Waals surface area contributed by atoms with Crippen LogP contribution >= 0.6 is 0 Å². The van der Waals surface area contributed by atoms with Gasteiger partial charge in [-0.3, -0.25) is 9.59 Å². The van der Waals surface area contributed by atoms with Crippen LogP contribution < -0.4 is 10.1 Å². The molecular weight excluding hydrogens is 394 g/mol. The molecule has 0 atom stereocenters. The molecule has 1 N–H and O–H groups in total. The minimum atomic E-state index is -3.70. The first-order chi connectivity index (χ1) is 13.9. The smallest absolute Gasteiger partial charge is 0.262 e. The molecule has 1 aromatic carbocycles. The summed E-state index contributed by atoms with van der Waals surface area (Å²) in [7, 11) is -3.70. The summed E-state index contributed by atoms with van der Waals surface area (Å²) in [5.74, 6) is 0.249. The van der Waals surface area contributed by atoms with Crippen molar-refractivity contribution in [2.45, 2.75) is 50.3 Å². The summed E-state index contributed by atoms with van der Waals surface area (Å²) < 4.78 is 32.6. The molecule has 1 fully saturated rings. The molecule has 2 amide bonds. The molecule has 160 valence electrons. The lowest BCUT2D eigenvalue weighted by Crippen LogP contribution is -2.50. The largest absolute Gasteiger partial charge is 0.482 e. The van der Waals surface area contributed by atoms with Gasteiger partial charge in [-0.05, 0) is 24.6 Å². The number of nitrogens with zero attached hydrogens (tertiary/aromatic N) is 2. The number of hydrogen-bond donors (Lipinski definition) is 1. The van der Waals surface area contributed by atoms with Crippen LogP contribution in [0.3, 0.4) is 0 Å². The highest BCUT2D eigenvalue weighted by Crippen LogP contribution is 2.31. The SMILES string of the molecule is CCCCCCCC(=O)N1CCN(S(=O)(=O)c2ccc3c(c2)NC(=O)CO3)CC1. The van der Waals surface area contributed by atoms with E-state index in [9.17, 15) is 18.0 Å². The molecule has 2 aliphatic heterocycles. The highest BCUT2D eigenvalue weighted by molar-refractivity contribution is 7.89. The number of unbranched alkanes of at least 4 members (excludes halogenated alkanes) is 4. The second-order valence-corrected chi connectivity index (χ2v) is 9.38. The van der Waals surface area contributed by atoms with Gasteiger partial charge in [0.25, 0.3) is 5.91 Å². The van der Waals surface area contributed by atoms with E-state index < -0.39 is 10.0 Å². The van der Waals surface area contributed by atoms with Crippen LogP contribution in [0.1, 0.15) is 45.4 Å². The zero-order valence-corrected chi connectivity index (χ0v) is 17.7. The van der Waals surface area contributed by atoms with Crippen molar-refractivity contribution in [1.29, 1.82) is 0 Å². The Morgan fingerprint density at radius 1 is 1.10 bits per heavy atom. The highest BCUT2D eigenvalue weighted by atomic mass is 32.2. The Labute approximate surface area is 172 Å². The summed E-state index contributed by atoms with van der Waals surface area (Å²) in [5, 5.41) is 2.63. The van der Waals surface area contributed by atoms with E-state index in [1.165, 1.54) is 29.3 Å². The zero-order valence-electron chi connectivity index (χ0n) is 16.9. The lowest BCUT2D eigenvalue weighted by molar-refractivity contribution is -0.132. The molecule has 0 radical (unpaired) electrons. The molecule has 0 spiro atoms. The third kappa shape index (κ3) is 5.27. The Morgan fingerprint density at radius 2 is 1.83 bits per heavy atom. The van der Waals surface area contributed by atoms with Gasteiger partial charge in [0, 0.05) is 32.6 Å². The molecule has 3 rings (SSSR count). The van der Waals surface area contributed by atoms with Crippen molar-refractivity contribution in [3.8, 4) is 5.75 Å². The van der Waals surface area contributed by atoms with Crippen molar-refractivity contribution in [3.05, 3.63) is 18.2 Å². The predicted molar refractivity (Wildman–Crippen MR) is 109 cm³/mol. The fourth-order valence-electron chi connectivity index (χ4n) is 3.59. The van der Waals surface area contributed by atoms with Crippen LogP contribution in [0.15, 0.2) is 23.1 Å². The van der Waals surface area contributed by atoms with E-state index >= 15 is 0 Å². The van der Waals surface area contributed by atoms with Crippen molar-refractivity contribution < 1.29 is 22.7 Å². The van der Waals surface area contributed by atoms with E-state index in [0.717, 1.165) is 19.3 Å². The van der Waals surface area contributed by atoms with Crippen molar-refractivity contribution >= 4 is 27.5 Å². The van der Waals surface area contributed by atoms with Crippen LogP contribution in [0.4, 0.5) is 5.69 Å². The van der Waals surface area contributed by atoms with Crippen molar-refractivity contribution in [2.24, 2.45) is 0 Å². The van der Waals surface area contributed by atoms with Gasteiger partial charge in [0.1, 0.15) is 5.75 Å². The van der Waals surface area contributed by atoms with Crippen molar-refractivity contribution in [3.63, 3.8) is 0 Å². The average Bonchev–Trinajstić information content (AvgIpc) is 2.73. The first-order valence-electron chi connectivity index (χ1n) is 10.3. The number of fused-ring (bicyclic) bond motifs is 1. The Hall–Kier alpha value is -2.13. The number of benzene rings is 1. The summed E-state index contributed by atoms with van der Waals surface area (Å²) in [5.41, 5.74) is 0.360. The second kappa shape index (κ2) is 9.58. The molecule has 2 aliphatic rings. The molecule has 0 unspecified atom stereocenters. The minimum Gasteiger partial charge on any atom is -0.482 e. The van der Waals surface area contributed by atoms with Crippen LogP contribution in [-0.4, -0.2) is 62.2 Å². The quantitative estimate of drug-likeness (QED) is 0.647. The summed E-state index contributed by atoms with van der Waals surface area (Å²) in [6, 6.07) is 4.47. The number of nitrogens with one attached hydrogen (secondary N) is 1. The number of piperazine rings is 1. The summed E-state index contributed by atoms with van der Waals surface area (Å²) in [6.07, 6.45) is 6.01. The Kier molecular flexibility index (Phi) is 7.13. The van der Waals surface area contributed by atoms with E-state index in [1.807, 2.05) is 0 Å². The van der Waals surface area contributed by atoms with Crippen LogP contribution in [0.2, 0.25) is 0 Å². The van der Waals surface area contributed by atoms with Gasteiger partial charge >= 0.3 is 0 Å². The van der Waals surface area contributed by atoms with Gasteiger partial charge in [-0.1, -0.05) is 32.6 Å². The Bertz CT molecular complexity index is 848. The van der Waals surface area contributed by atoms with Gasteiger partial charge in [-0.25, -0.2) is 8.42 Å². The molecule has 9 heteroatoms. The number of rotatable bonds is 8. The fraction of sp³-hybridized carbons (Fsp3) is 0.600. The molecule has 8 nitrogen and oxygen atoms in total. The Morgan fingerprint density at radius 3 is 2.55 bits per heavy atom. The maximum absolute atomic E-state index is 13.0. The second-order valence-electron chi connectivity index (χ2n) is 7.44. The van der Waals surface area contributed by atoms with Crippen LogP contribution in [-0.2, 0) is 19.6 Å². The topological polar surface area (TPSA) is 96.0 Å². The van der Waals surface area contributed by atoms with Gasteiger partial charge in [0.2, 0.25) is 15.9 Å². The van der Waals surface area contributed by atoms with E-state index in [0.29, 0.717) is 30.9 Å². The van der Waals surface area contributed by atoms with Crippen LogP contribution in [0.25, 0.3) is 0 Å². The third-order valence-electron chi connectivity index (χ3n) is 5.31. The van der Waals surface area contributed by atoms with E-state index in [-0.39, 0.29) is 36.4 Å². The van der Waals surface area contributed by atoms with Gasteiger partial charge < -0.3 is 15.0 Å². The molecule has 0 aromatic heterocycles. The average molecular weight is 424 g/mol. The molecule has 0 saturated carbocycles. The standard InChI is InChI=1S/C20H29N3O5S/c1-2-3-4-5-6-7-20(25)22-10-12-23(13-11-22)29(26,27)16-8-9-18-17(14-16)21-19(24)15-28-18/h8-9,14H,2-7,10-13,15H2,1H3,(H,21,24). The maximum Gasteiger partial charge on any atom is 0.262 e. The first-order valence-corrected chi connectivity index (χ1v) is 11.7. The number of amides is 2. The lowest BCUT2D eigenvalue weighted by Gasteiger charge is -2.34. The number of carbonyl (C=O) groups is 2. The minimum absolute atomic E-state index is 0.0757. The summed E-state index contributed by atoms with van der Waals surface area (Å²) in [4.78, 5) is 25.7. The first kappa shape index (κ1) is 21.6. The molecule has 2 heterocycles. The van der Waals surface area contributed by atoms with Gasteiger partial charge in [-0.15, -0.1) is 0 Å². The Balaban J connectivity index is 1.55. The van der Waals surface area contributed by atoms with Crippen molar-refractivity contribution in [2.75, 3.05) is 38.1 Å². The number of ether oxygens (including phenoxy) is 1. The molecule has 1 aromatic rings. The molecule has 0 aliphatic carbocycles. The lowest BCUT2D eigenvalue weighted by atomic mass is 10.1. The zero-order chi connectivity index (χ0) is 20.9. The van der Waals surface area contributed by atoms with Gasteiger partial charge in [-0.2, -0.15) is 4.31 Å². The number of hydrogen-bond acceptors (Lipinski definition) is 5. The predicted octanol–water partition coefficient (Wildman–Crippen LogP) is 2.21. The fourth-order valence-corrected chi connectivity index (χ4v) is 5.04. The van der Waals surface area contributed by atoms with E-state index in [1.54, 1.807) is 11.0 Å². The third-order valence-corrected chi connectivity index (χ3v) is 7.20. The maximum atomic E-state index is 13.0. The molecule has 1 saturated heterocycles. The van der Waals surface area contributed by atoms with Gasteiger partial charge in [0.15, 0.2) is 6.61 Å². The van der Waals surface area contributed by atoms with Crippen LogP contribution in [0.5, 0.6) is 5.75 Å². The van der Waals surface area contributed by atoms with E-state index in [2.05, 4.69) is 12.2 Å². The van der Waals surface area contributed by atoms with Crippen LogP contribution in [0, 0.1) is 0 Å². The number of carbonyl (C=O) groups excluding carboxylic acids is 2. The highest BCUT2D eigenvalue weighted by Gasteiger charge is 2.31. The summed E-state index contributed by atoms with van der Waals surface area (Å²) in [6.45, 7) is 3.42. The number of anilines is 1. The molecule has 29 heavy (non-hydrogen) atoms. The summed E-state index contributed by atoms with van der Waals surface area (Å²) >= 11 is 0.